The van der Waals surface area contributed by atoms with Gasteiger partial charge in [0.25, 0.3) is 5.91 Å². The number of aromatic nitrogens is 4. The van der Waals surface area contributed by atoms with E-state index in [4.69, 9.17) is 18.9 Å². The van der Waals surface area contributed by atoms with Crippen LogP contribution in [-0.4, -0.2) is 223 Å². The number of aromatic amines is 1. The van der Waals surface area contributed by atoms with Gasteiger partial charge in [0.1, 0.15) is 17.9 Å². The number of hydrogen-bond acceptors (Lipinski definition) is 19. The van der Waals surface area contributed by atoms with Gasteiger partial charge in [0.15, 0.2) is 0 Å². The first kappa shape index (κ1) is 73.5. The highest BCUT2D eigenvalue weighted by atomic mass is 32.1. The van der Waals surface area contributed by atoms with Gasteiger partial charge in [0, 0.05) is 133 Å². The number of hydrogen-bond donors (Lipinski definition) is 5. The number of ether oxygens (including phenoxy) is 4. The number of likely N-dealkylation sites (N-methyl/N-ethyl adjacent to an activating group) is 1. The van der Waals surface area contributed by atoms with Crippen LogP contribution in [0.15, 0.2) is 77.4 Å². The van der Waals surface area contributed by atoms with Gasteiger partial charge in [0.2, 0.25) is 35.1 Å². The molecule has 4 aliphatic rings. The molecule has 24 nitrogen and oxygen atoms in total. The molecule has 29 heteroatoms. The van der Waals surface area contributed by atoms with Gasteiger partial charge in [-0.2, -0.15) is 13.2 Å². The molecule has 526 valence electrons. The number of H-pyrrole nitrogens is 1. The number of β-amino-alcohol motifs (C(OH)–C–C–N with tert-alkyl or cyclic N) is 1. The lowest BCUT2D eigenvalue weighted by Gasteiger charge is -2.44. The Morgan fingerprint density at radius 1 is 0.804 bits per heavy atom. The summed E-state index contributed by atoms with van der Waals surface area (Å²) in [7, 11) is 1.98. The third-order valence-electron chi connectivity index (χ3n) is 17.9. The molecule has 0 radical (unpaired) electrons. The van der Waals surface area contributed by atoms with E-state index in [9.17, 15) is 47.0 Å². The summed E-state index contributed by atoms with van der Waals surface area (Å²) in [6, 6.07) is 9.21. The number of alkyl halides is 3. The number of aliphatic hydroxyl groups is 1. The first-order valence-electron chi connectivity index (χ1n) is 32.8. The lowest BCUT2D eigenvalue weighted by Crippen LogP contribution is -2.57. The summed E-state index contributed by atoms with van der Waals surface area (Å²) in [5.74, 6) is -2.38. The second kappa shape index (κ2) is 33.7. The van der Waals surface area contributed by atoms with Gasteiger partial charge in [-0.1, -0.05) is 51.1 Å². The van der Waals surface area contributed by atoms with Crippen molar-refractivity contribution in [3.63, 3.8) is 0 Å². The second-order valence-corrected chi connectivity index (χ2v) is 26.9. The number of pyridine rings is 1. The highest BCUT2D eigenvalue weighted by Gasteiger charge is 2.45. The molecule has 97 heavy (non-hydrogen) atoms. The van der Waals surface area contributed by atoms with Gasteiger partial charge >= 0.3 is 6.18 Å². The standard InChI is InChI=1S/C68H89F4N13O11S/c1-43-38-84(39-44(2)80(43)7)56-33-54(69)51(31-55(56)78-63(90)52-37-73-59(88)32-53(52)68(70,71)72)48-12-16-83(17-13-48)66-75-35-47(36-76-66)40-81-18-20-82(21-19-81)60(89)15-23-94-25-27-96-29-28-95-26-24-93-22-14-58(87)79-62(67(4,5)6)65(92)85-41-50(86)30-57(85)64(91)74-34-46-8-10-49(11-9-46)61-45(3)77-42-97-61/h8-12,31-33,35-37,42-44,50,57,62,86H,13-30,34,38-41H2,1-7H3,(H,73,88)(H,74,91)(H,78,90)(H,79,87)/t43-,44+,50-,57+,62-/m1/s1. The Labute approximate surface area is 566 Å². The lowest BCUT2D eigenvalue weighted by atomic mass is 9.85. The van der Waals surface area contributed by atoms with Crippen LogP contribution in [0.4, 0.5) is 34.9 Å². The number of carbonyl (C=O) groups is 5. The first-order valence-corrected chi connectivity index (χ1v) is 33.7. The molecule has 9 rings (SSSR count). The summed E-state index contributed by atoms with van der Waals surface area (Å²) in [6.45, 7) is 18.6. The monoisotopic (exact) mass is 1370 g/mol. The van der Waals surface area contributed by atoms with E-state index >= 15 is 4.39 Å². The van der Waals surface area contributed by atoms with Crippen molar-refractivity contribution in [2.45, 2.75) is 117 Å². The molecule has 4 aliphatic heterocycles. The fraction of sp³-hybridized carbons (Fsp3) is 0.544. The Bertz CT molecular complexity index is 3590. The SMILES string of the molecule is Cc1ncsc1-c1ccc(CNC(=O)[C@@H]2C[C@@H](O)CN2C(=O)[C@@H](NC(=O)CCOCCOCCOCCOCCC(=O)N2CCN(Cc3cnc(N4CC=C(c5cc(NC(=O)c6c[nH]c(=O)cc6C(F)(F)F)c(N6C[C@@H](C)N(C)[C@@H](C)C6)cc5F)CC4)nc3)CC2)C(C)(C)C)cc1. The van der Waals surface area contributed by atoms with Crippen molar-refractivity contribution in [1.82, 2.24) is 50.2 Å². The fourth-order valence-electron chi connectivity index (χ4n) is 12.2. The van der Waals surface area contributed by atoms with Crippen LogP contribution in [-0.2, 0) is 57.4 Å². The average Bonchev–Trinajstić information content (AvgIpc) is 1.39. The van der Waals surface area contributed by atoms with Crippen LogP contribution < -0.4 is 31.3 Å². The number of halogens is 4. The smallest absolute Gasteiger partial charge is 0.391 e. The van der Waals surface area contributed by atoms with Gasteiger partial charge in [-0.15, -0.1) is 11.3 Å². The number of anilines is 3. The van der Waals surface area contributed by atoms with E-state index in [1.54, 1.807) is 29.2 Å². The van der Waals surface area contributed by atoms with E-state index in [0.29, 0.717) is 115 Å². The van der Waals surface area contributed by atoms with E-state index in [0.717, 1.165) is 33.5 Å². The van der Waals surface area contributed by atoms with Crippen molar-refractivity contribution in [3.8, 4) is 10.4 Å². The van der Waals surface area contributed by atoms with Crippen LogP contribution >= 0.6 is 11.3 Å². The van der Waals surface area contributed by atoms with Crippen LogP contribution in [0.3, 0.4) is 0 Å². The molecule has 0 unspecified atom stereocenters. The normalized spacial score (nSPS) is 19.2. The number of benzene rings is 2. The molecule has 0 bridgehead atoms. The van der Waals surface area contributed by atoms with Crippen molar-refractivity contribution in [3.05, 3.63) is 122 Å². The zero-order valence-corrected chi connectivity index (χ0v) is 56.9. The molecule has 5 aromatic rings. The highest BCUT2D eigenvalue weighted by molar-refractivity contribution is 7.13. The topological polar surface area (TPSA) is 270 Å². The summed E-state index contributed by atoms with van der Waals surface area (Å²) >= 11 is 1.56. The Morgan fingerprint density at radius 3 is 2.04 bits per heavy atom. The predicted molar refractivity (Wildman–Crippen MR) is 358 cm³/mol. The Balaban J connectivity index is 0.615. The number of nitrogens with zero attached hydrogens (tertiary/aromatic N) is 9. The number of piperazine rings is 2. The third-order valence-corrected chi connectivity index (χ3v) is 18.9. The second-order valence-electron chi connectivity index (χ2n) is 26.1. The number of rotatable bonds is 28. The number of nitrogens with one attached hydrogen (secondary N) is 4. The molecule has 0 saturated carbocycles. The highest BCUT2D eigenvalue weighted by Crippen LogP contribution is 2.38. The predicted octanol–water partition coefficient (Wildman–Crippen LogP) is 6.13. The fourth-order valence-corrected chi connectivity index (χ4v) is 13.0. The molecule has 5 atom stereocenters. The van der Waals surface area contributed by atoms with Gasteiger partial charge in [0.05, 0.1) is 104 Å². The van der Waals surface area contributed by atoms with Crippen LogP contribution in [0.2, 0.25) is 0 Å². The molecule has 2 aromatic carbocycles. The number of likely N-dealkylation sites (tertiary alicyclic amines) is 1. The minimum atomic E-state index is -4.98. The van der Waals surface area contributed by atoms with Crippen LogP contribution in [0.5, 0.6) is 0 Å². The molecule has 7 heterocycles. The summed E-state index contributed by atoms with van der Waals surface area (Å²) < 4.78 is 80.9. The van der Waals surface area contributed by atoms with Gasteiger partial charge in [-0.25, -0.2) is 19.3 Å². The first-order chi connectivity index (χ1) is 46.3. The van der Waals surface area contributed by atoms with Crippen LogP contribution in [0.1, 0.15) is 98.6 Å². The number of carbonyl (C=O) groups excluding carboxylic acids is 5. The number of aryl methyl sites for hydroxylation is 1. The molecular weight excluding hydrogens is 1280 g/mol. The van der Waals surface area contributed by atoms with E-state index in [2.05, 4.69) is 45.7 Å². The molecule has 0 aliphatic carbocycles. The molecule has 0 spiro atoms. The minimum absolute atomic E-state index is 0.00532. The maximum Gasteiger partial charge on any atom is 0.417 e. The van der Waals surface area contributed by atoms with E-state index in [-0.39, 0.29) is 93.9 Å². The van der Waals surface area contributed by atoms with Crippen molar-refractivity contribution >= 4 is 63.8 Å². The number of amides is 5. The third kappa shape index (κ3) is 20.0. The molecule has 5 N–H and O–H groups in total. The average molecular weight is 1370 g/mol. The lowest BCUT2D eigenvalue weighted by molar-refractivity contribution is -0.144. The van der Waals surface area contributed by atoms with Crippen molar-refractivity contribution in [1.29, 1.82) is 0 Å². The Hall–Kier alpha value is -7.77. The summed E-state index contributed by atoms with van der Waals surface area (Å²) in [5.41, 5.74) is 3.00. The Morgan fingerprint density at radius 2 is 1.44 bits per heavy atom. The number of aliphatic hydroxyl groups excluding tert-OH is 1. The molecule has 3 saturated heterocycles. The van der Waals surface area contributed by atoms with Gasteiger partial charge < -0.3 is 64.6 Å². The van der Waals surface area contributed by atoms with Crippen LogP contribution in [0, 0.1) is 18.2 Å². The molecule has 3 fully saturated rings. The minimum Gasteiger partial charge on any atom is -0.391 e. The summed E-state index contributed by atoms with van der Waals surface area (Å²) in [6.07, 6.45) is 0.951. The zero-order chi connectivity index (χ0) is 69.6. The maximum absolute atomic E-state index is 16.3. The van der Waals surface area contributed by atoms with Gasteiger partial charge in [-0.05, 0) is 68.5 Å². The van der Waals surface area contributed by atoms with Crippen LogP contribution in [0.25, 0.3) is 16.0 Å². The quantitative estimate of drug-likeness (QED) is 0.0278. The van der Waals surface area contributed by atoms with Gasteiger partial charge in [-0.3, -0.25) is 38.6 Å². The summed E-state index contributed by atoms with van der Waals surface area (Å²) in [5, 5.41) is 19.0. The summed E-state index contributed by atoms with van der Waals surface area (Å²) in [4.78, 5) is 107. The van der Waals surface area contributed by atoms with E-state index in [1.807, 2.05) is 93.6 Å². The van der Waals surface area contributed by atoms with E-state index in [1.165, 1.54) is 17.0 Å². The molecule has 3 aromatic heterocycles. The molecule has 5 amide bonds. The zero-order valence-electron chi connectivity index (χ0n) is 56.1. The largest absolute Gasteiger partial charge is 0.417 e. The van der Waals surface area contributed by atoms with Crippen molar-refractivity contribution in [2.24, 2.45) is 5.41 Å². The molecular formula is C68H89F4N13O11S. The number of thiazole rings is 1. The Kier molecular flexibility index (Phi) is 25.5. The van der Waals surface area contributed by atoms with E-state index < -0.39 is 70.0 Å². The maximum atomic E-state index is 16.3. The van der Waals surface area contributed by atoms with Crippen molar-refractivity contribution in [2.75, 3.05) is 134 Å². The van der Waals surface area contributed by atoms with Crippen molar-refractivity contribution < 1.29 is 65.6 Å².